The quantitative estimate of drug-likeness (QED) is 0.725. The van der Waals surface area contributed by atoms with E-state index in [1.807, 2.05) is 0 Å². The van der Waals surface area contributed by atoms with E-state index in [1.165, 1.54) is 17.9 Å². The molecular weight excluding hydrogens is 212 g/mol. The van der Waals surface area contributed by atoms with Gasteiger partial charge in [0, 0.05) is 11.5 Å². The third-order valence-electron chi connectivity index (χ3n) is 1.34. The Morgan fingerprint density at radius 2 is 2.45 bits per heavy atom. The molecule has 0 spiro atoms. The number of hydrogen-bond donors (Lipinski definition) is 1. The molecule has 1 aromatic heterocycles. The maximum Gasteiger partial charge on any atom is 0.273 e. The number of hydrogen-bond acceptors (Lipinski definition) is 3. The van der Waals surface area contributed by atoms with Crippen LogP contribution in [-0.4, -0.2) is 14.9 Å². The Bertz CT molecular complexity index is 321. The van der Waals surface area contributed by atoms with Gasteiger partial charge >= 0.3 is 0 Å². The van der Waals surface area contributed by atoms with Gasteiger partial charge in [0.1, 0.15) is 0 Å². The van der Waals surface area contributed by atoms with Crippen LogP contribution in [0.2, 0.25) is 0 Å². The van der Waals surface area contributed by atoms with Crippen molar-refractivity contribution in [1.29, 1.82) is 0 Å². The third kappa shape index (κ3) is 1.49. The van der Waals surface area contributed by atoms with Crippen molar-refractivity contribution in [3.8, 4) is 0 Å². The van der Waals surface area contributed by atoms with Crippen LogP contribution in [0.4, 0.5) is 0 Å². The van der Waals surface area contributed by atoms with Gasteiger partial charge in [0.25, 0.3) is 5.56 Å². The summed E-state index contributed by atoms with van der Waals surface area (Å²) in [5, 5.41) is 12.5. The Morgan fingerprint density at radius 1 is 1.82 bits per heavy atom. The monoisotopic (exact) mass is 218 g/mol. The molecule has 4 nitrogen and oxygen atoms in total. The van der Waals surface area contributed by atoms with Crippen LogP contribution in [0.15, 0.2) is 15.5 Å². The van der Waals surface area contributed by atoms with Gasteiger partial charge in [0.05, 0.1) is 18.4 Å². The van der Waals surface area contributed by atoms with Gasteiger partial charge in [-0.1, -0.05) is 0 Å². The fraction of sp³-hybridized carbons (Fsp3) is 0.333. The molecule has 0 aliphatic carbocycles. The number of aliphatic hydroxyl groups is 1. The number of aryl methyl sites for hydroxylation is 1. The maximum atomic E-state index is 11.1. The SMILES string of the molecule is Cn1ncc(Br)c(CO)c1=O. The molecule has 0 aliphatic rings. The summed E-state index contributed by atoms with van der Waals surface area (Å²) in [6, 6.07) is 0. The Balaban J connectivity index is 3.41. The number of rotatable bonds is 1. The predicted molar refractivity (Wildman–Crippen MR) is 43.1 cm³/mol. The molecule has 5 heteroatoms. The number of aliphatic hydroxyl groups excluding tert-OH is 1. The van der Waals surface area contributed by atoms with Crippen molar-refractivity contribution in [2.45, 2.75) is 6.61 Å². The summed E-state index contributed by atoms with van der Waals surface area (Å²) in [7, 11) is 1.54. The van der Waals surface area contributed by atoms with Crippen molar-refractivity contribution in [3.63, 3.8) is 0 Å². The molecule has 11 heavy (non-hydrogen) atoms. The van der Waals surface area contributed by atoms with Gasteiger partial charge in [-0.05, 0) is 15.9 Å². The molecule has 0 bridgehead atoms. The van der Waals surface area contributed by atoms with Crippen LogP contribution in [0, 0.1) is 0 Å². The molecule has 1 N–H and O–H groups in total. The van der Waals surface area contributed by atoms with Crippen LogP contribution in [0.3, 0.4) is 0 Å². The molecule has 0 aromatic carbocycles. The lowest BCUT2D eigenvalue weighted by Gasteiger charge is -2.00. The fourth-order valence-electron chi connectivity index (χ4n) is 0.708. The first-order valence-electron chi connectivity index (χ1n) is 2.98. The maximum absolute atomic E-state index is 11.1. The van der Waals surface area contributed by atoms with Crippen molar-refractivity contribution in [3.05, 3.63) is 26.6 Å². The average molecular weight is 219 g/mol. The van der Waals surface area contributed by atoms with Gasteiger partial charge < -0.3 is 5.11 Å². The lowest BCUT2D eigenvalue weighted by atomic mass is 10.3. The predicted octanol–water partition coefficient (Wildman–Crippen LogP) is 0.0351. The topological polar surface area (TPSA) is 55.1 Å². The van der Waals surface area contributed by atoms with Gasteiger partial charge in [-0.3, -0.25) is 4.79 Å². The highest BCUT2D eigenvalue weighted by Gasteiger charge is 2.04. The Morgan fingerprint density at radius 3 is 2.91 bits per heavy atom. The van der Waals surface area contributed by atoms with Crippen LogP contribution in [0.25, 0.3) is 0 Å². The zero-order valence-corrected chi connectivity index (χ0v) is 7.50. The summed E-state index contributed by atoms with van der Waals surface area (Å²) < 4.78 is 1.72. The summed E-state index contributed by atoms with van der Waals surface area (Å²) in [5.74, 6) is 0. The van der Waals surface area contributed by atoms with Gasteiger partial charge in [0.2, 0.25) is 0 Å². The zero-order valence-electron chi connectivity index (χ0n) is 5.91. The molecule has 0 atom stereocenters. The largest absolute Gasteiger partial charge is 0.391 e. The van der Waals surface area contributed by atoms with Crippen molar-refractivity contribution < 1.29 is 5.11 Å². The van der Waals surface area contributed by atoms with Crippen LogP contribution in [0.5, 0.6) is 0 Å². The summed E-state index contributed by atoms with van der Waals surface area (Å²) in [5.41, 5.74) is 0.0596. The summed E-state index contributed by atoms with van der Waals surface area (Å²) >= 11 is 3.11. The van der Waals surface area contributed by atoms with E-state index in [2.05, 4.69) is 21.0 Å². The van der Waals surface area contributed by atoms with Crippen LogP contribution < -0.4 is 5.56 Å². The molecule has 0 fully saturated rings. The standard InChI is InChI=1S/C6H7BrN2O2/c1-9-6(11)4(3-10)5(7)2-8-9/h2,10H,3H2,1H3. The first-order chi connectivity index (χ1) is 5.16. The minimum absolute atomic E-state index is 0.268. The molecular formula is C6H7BrN2O2. The van der Waals surface area contributed by atoms with Gasteiger partial charge in [-0.2, -0.15) is 5.10 Å². The lowest BCUT2D eigenvalue weighted by Crippen LogP contribution is -2.23. The lowest BCUT2D eigenvalue weighted by molar-refractivity contribution is 0.278. The van der Waals surface area contributed by atoms with E-state index >= 15 is 0 Å². The number of aromatic nitrogens is 2. The Kier molecular flexibility index (Phi) is 2.41. The second kappa shape index (κ2) is 3.15. The van der Waals surface area contributed by atoms with Crippen LogP contribution in [0.1, 0.15) is 5.56 Å². The van der Waals surface area contributed by atoms with Gasteiger partial charge in [-0.15, -0.1) is 0 Å². The number of halogens is 1. The fourth-order valence-corrected chi connectivity index (χ4v) is 1.09. The average Bonchev–Trinajstić information content (AvgIpc) is 1.99. The first-order valence-corrected chi connectivity index (χ1v) is 3.77. The molecule has 0 unspecified atom stereocenters. The molecule has 1 heterocycles. The molecule has 0 radical (unpaired) electrons. The molecule has 0 aliphatic heterocycles. The van der Waals surface area contributed by atoms with Gasteiger partial charge in [-0.25, -0.2) is 4.68 Å². The summed E-state index contributed by atoms with van der Waals surface area (Å²) in [4.78, 5) is 11.1. The minimum Gasteiger partial charge on any atom is -0.391 e. The molecule has 1 aromatic rings. The van der Waals surface area contributed by atoms with Crippen molar-refractivity contribution >= 4 is 15.9 Å². The highest BCUT2D eigenvalue weighted by atomic mass is 79.9. The van der Waals surface area contributed by atoms with Crippen LogP contribution in [-0.2, 0) is 13.7 Å². The Labute approximate surface area is 71.6 Å². The normalized spacial score (nSPS) is 10.1. The zero-order chi connectivity index (χ0) is 8.43. The molecule has 0 amide bonds. The first kappa shape index (κ1) is 8.42. The second-order valence-electron chi connectivity index (χ2n) is 2.06. The van der Waals surface area contributed by atoms with E-state index in [9.17, 15) is 4.79 Å². The highest BCUT2D eigenvalue weighted by molar-refractivity contribution is 9.10. The number of nitrogens with zero attached hydrogens (tertiary/aromatic N) is 2. The van der Waals surface area contributed by atoms with E-state index < -0.39 is 0 Å². The van der Waals surface area contributed by atoms with Gasteiger partial charge in [0.15, 0.2) is 0 Å². The molecule has 0 saturated heterocycles. The van der Waals surface area contributed by atoms with E-state index in [-0.39, 0.29) is 12.2 Å². The molecule has 0 saturated carbocycles. The van der Waals surface area contributed by atoms with Crippen molar-refractivity contribution in [2.24, 2.45) is 7.05 Å². The van der Waals surface area contributed by atoms with E-state index in [4.69, 9.17) is 5.11 Å². The van der Waals surface area contributed by atoms with E-state index in [0.29, 0.717) is 10.0 Å². The summed E-state index contributed by atoms with van der Waals surface area (Å²) in [6.07, 6.45) is 1.48. The van der Waals surface area contributed by atoms with E-state index in [1.54, 1.807) is 0 Å². The minimum atomic E-state index is -0.276. The molecule has 60 valence electrons. The smallest absolute Gasteiger partial charge is 0.273 e. The third-order valence-corrected chi connectivity index (χ3v) is 2.03. The Hall–Kier alpha value is -0.680. The van der Waals surface area contributed by atoms with Crippen molar-refractivity contribution in [2.75, 3.05) is 0 Å². The second-order valence-corrected chi connectivity index (χ2v) is 2.91. The molecule has 1 rings (SSSR count). The highest BCUT2D eigenvalue weighted by Crippen LogP contribution is 2.09. The van der Waals surface area contributed by atoms with Crippen LogP contribution >= 0.6 is 15.9 Å². The van der Waals surface area contributed by atoms with Crippen molar-refractivity contribution in [1.82, 2.24) is 9.78 Å². The van der Waals surface area contributed by atoms with E-state index in [0.717, 1.165) is 0 Å². The summed E-state index contributed by atoms with van der Waals surface area (Å²) in [6.45, 7) is -0.268.